The summed E-state index contributed by atoms with van der Waals surface area (Å²) in [7, 11) is 1.90. The highest BCUT2D eigenvalue weighted by molar-refractivity contribution is 5.74. The first-order valence-corrected chi connectivity index (χ1v) is 4.88. The standard InChI is InChI=1S/C10H14N2O2/c1-3-14-10(13)7-4-8-6-12(2)11-9(8)5-7/h6-7H,3-5H2,1-2H3. The topological polar surface area (TPSA) is 44.1 Å². The molecule has 1 aromatic heterocycles. The molecule has 0 saturated carbocycles. The minimum atomic E-state index is -0.0897. The van der Waals surface area contributed by atoms with Crippen molar-refractivity contribution in [1.29, 1.82) is 0 Å². The minimum Gasteiger partial charge on any atom is -0.466 e. The van der Waals surface area contributed by atoms with Crippen LogP contribution < -0.4 is 0 Å². The van der Waals surface area contributed by atoms with Gasteiger partial charge in [0.05, 0.1) is 18.2 Å². The molecule has 0 radical (unpaired) electrons. The Bertz CT molecular complexity index is 334. The third-order valence-corrected chi connectivity index (χ3v) is 2.52. The summed E-state index contributed by atoms with van der Waals surface area (Å²) in [4.78, 5) is 11.4. The fourth-order valence-electron chi connectivity index (χ4n) is 1.92. The van der Waals surface area contributed by atoms with Crippen LogP contribution in [0.1, 0.15) is 18.2 Å². The van der Waals surface area contributed by atoms with Gasteiger partial charge < -0.3 is 4.74 Å². The van der Waals surface area contributed by atoms with Crippen LogP contribution in [0.3, 0.4) is 0 Å². The van der Waals surface area contributed by atoms with Crippen molar-refractivity contribution in [3.63, 3.8) is 0 Å². The van der Waals surface area contributed by atoms with Gasteiger partial charge in [-0.05, 0) is 18.9 Å². The summed E-state index contributed by atoms with van der Waals surface area (Å²) >= 11 is 0. The van der Waals surface area contributed by atoms with Gasteiger partial charge in [0.1, 0.15) is 0 Å². The van der Waals surface area contributed by atoms with Crippen molar-refractivity contribution in [2.45, 2.75) is 19.8 Å². The van der Waals surface area contributed by atoms with Crippen LogP contribution >= 0.6 is 0 Å². The van der Waals surface area contributed by atoms with E-state index in [4.69, 9.17) is 4.74 Å². The fraction of sp³-hybridized carbons (Fsp3) is 0.600. The van der Waals surface area contributed by atoms with Crippen LogP contribution in [0.5, 0.6) is 0 Å². The van der Waals surface area contributed by atoms with Gasteiger partial charge in [-0.2, -0.15) is 5.10 Å². The van der Waals surface area contributed by atoms with E-state index in [1.54, 1.807) is 4.68 Å². The average molecular weight is 194 g/mol. The number of hydrogen-bond donors (Lipinski definition) is 0. The second-order valence-electron chi connectivity index (χ2n) is 3.63. The molecule has 2 rings (SSSR count). The quantitative estimate of drug-likeness (QED) is 0.651. The number of aromatic nitrogens is 2. The first-order chi connectivity index (χ1) is 6.70. The largest absolute Gasteiger partial charge is 0.466 e. The fourth-order valence-corrected chi connectivity index (χ4v) is 1.92. The maximum absolute atomic E-state index is 11.4. The van der Waals surface area contributed by atoms with E-state index in [9.17, 15) is 4.79 Å². The van der Waals surface area contributed by atoms with Crippen LogP contribution in [0.4, 0.5) is 0 Å². The highest BCUT2D eigenvalue weighted by atomic mass is 16.5. The third-order valence-electron chi connectivity index (χ3n) is 2.52. The van der Waals surface area contributed by atoms with Crippen molar-refractivity contribution in [2.24, 2.45) is 13.0 Å². The number of ether oxygens (including phenoxy) is 1. The third kappa shape index (κ3) is 1.52. The number of hydrogen-bond acceptors (Lipinski definition) is 3. The Labute approximate surface area is 82.9 Å². The summed E-state index contributed by atoms with van der Waals surface area (Å²) in [6.45, 7) is 2.29. The summed E-state index contributed by atoms with van der Waals surface area (Å²) in [6, 6.07) is 0. The van der Waals surface area contributed by atoms with Crippen molar-refractivity contribution >= 4 is 5.97 Å². The van der Waals surface area contributed by atoms with Gasteiger partial charge in [0.25, 0.3) is 0 Å². The highest BCUT2D eigenvalue weighted by Crippen LogP contribution is 2.26. The highest BCUT2D eigenvalue weighted by Gasteiger charge is 2.30. The Hall–Kier alpha value is -1.32. The van der Waals surface area contributed by atoms with E-state index in [0.717, 1.165) is 18.5 Å². The molecule has 0 bridgehead atoms. The molecule has 0 aliphatic heterocycles. The molecular formula is C10H14N2O2. The van der Waals surface area contributed by atoms with Gasteiger partial charge >= 0.3 is 5.97 Å². The molecule has 0 aromatic carbocycles. The van der Waals surface area contributed by atoms with E-state index in [0.29, 0.717) is 6.61 Å². The first-order valence-electron chi connectivity index (χ1n) is 4.88. The summed E-state index contributed by atoms with van der Waals surface area (Å²) < 4.78 is 6.78. The summed E-state index contributed by atoms with van der Waals surface area (Å²) in [5.41, 5.74) is 2.23. The van der Waals surface area contributed by atoms with Crippen molar-refractivity contribution in [2.75, 3.05) is 6.61 Å². The molecule has 4 heteroatoms. The second kappa shape index (κ2) is 3.44. The van der Waals surface area contributed by atoms with E-state index >= 15 is 0 Å². The maximum atomic E-state index is 11.4. The zero-order valence-corrected chi connectivity index (χ0v) is 8.49. The van der Waals surface area contributed by atoms with Crippen LogP contribution in [0.15, 0.2) is 6.20 Å². The van der Waals surface area contributed by atoms with E-state index in [1.165, 1.54) is 5.56 Å². The number of aryl methyl sites for hydroxylation is 1. The summed E-state index contributed by atoms with van der Waals surface area (Å²) in [5.74, 6) is -0.0956. The Morgan fingerprint density at radius 3 is 3.14 bits per heavy atom. The van der Waals surface area contributed by atoms with Crippen LogP contribution in [-0.2, 0) is 29.4 Å². The van der Waals surface area contributed by atoms with Gasteiger partial charge in [0.15, 0.2) is 0 Å². The second-order valence-corrected chi connectivity index (χ2v) is 3.63. The molecule has 14 heavy (non-hydrogen) atoms. The zero-order chi connectivity index (χ0) is 10.1. The normalized spacial score (nSPS) is 19.4. The lowest BCUT2D eigenvalue weighted by Gasteiger charge is -2.07. The molecule has 1 atom stereocenters. The van der Waals surface area contributed by atoms with Crippen molar-refractivity contribution in [3.8, 4) is 0 Å². The maximum Gasteiger partial charge on any atom is 0.309 e. The molecule has 1 aliphatic rings. The zero-order valence-electron chi connectivity index (χ0n) is 8.49. The van der Waals surface area contributed by atoms with Crippen LogP contribution in [0.2, 0.25) is 0 Å². The molecule has 0 amide bonds. The summed E-state index contributed by atoms with van der Waals surface area (Å²) in [6.07, 6.45) is 3.49. The lowest BCUT2D eigenvalue weighted by molar-refractivity contribution is -0.147. The van der Waals surface area contributed by atoms with E-state index in [2.05, 4.69) is 5.10 Å². The Morgan fingerprint density at radius 2 is 2.50 bits per heavy atom. The number of carbonyl (C=O) groups is 1. The molecule has 0 saturated heterocycles. The molecule has 1 heterocycles. The predicted octanol–water partition coefficient (Wildman–Crippen LogP) is 0.698. The first kappa shape index (κ1) is 9.24. The molecule has 4 nitrogen and oxygen atoms in total. The van der Waals surface area contributed by atoms with E-state index in [1.807, 2.05) is 20.2 Å². The van der Waals surface area contributed by atoms with E-state index < -0.39 is 0 Å². The van der Waals surface area contributed by atoms with Crippen molar-refractivity contribution in [3.05, 3.63) is 17.5 Å². The smallest absolute Gasteiger partial charge is 0.309 e. The molecule has 0 N–H and O–H groups in total. The number of fused-ring (bicyclic) bond motifs is 1. The van der Waals surface area contributed by atoms with Gasteiger partial charge in [-0.15, -0.1) is 0 Å². The average Bonchev–Trinajstić information content (AvgIpc) is 2.61. The van der Waals surface area contributed by atoms with Crippen LogP contribution in [-0.4, -0.2) is 22.4 Å². The van der Waals surface area contributed by atoms with Gasteiger partial charge in [-0.3, -0.25) is 9.48 Å². The molecule has 1 unspecified atom stereocenters. The Kier molecular flexibility index (Phi) is 2.27. The SMILES string of the molecule is CCOC(=O)C1Cc2cn(C)nc2C1. The lowest BCUT2D eigenvalue weighted by atomic mass is 10.1. The number of esters is 1. The molecule has 1 aliphatic carbocycles. The molecule has 0 fully saturated rings. The number of rotatable bonds is 2. The van der Waals surface area contributed by atoms with E-state index in [-0.39, 0.29) is 11.9 Å². The van der Waals surface area contributed by atoms with Gasteiger partial charge in [-0.25, -0.2) is 0 Å². The summed E-state index contributed by atoms with van der Waals surface area (Å²) in [5, 5.41) is 4.29. The molecular weight excluding hydrogens is 180 g/mol. The van der Waals surface area contributed by atoms with Crippen molar-refractivity contribution in [1.82, 2.24) is 9.78 Å². The monoisotopic (exact) mass is 194 g/mol. The number of carbonyl (C=O) groups excluding carboxylic acids is 1. The Morgan fingerprint density at radius 1 is 1.71 bits per heavy atom. The molecule has 1 aromatic rings. The van der Waals surface area contributed by atoms with Gasteiger partial charge in [-0.1, -0.05) is 0 Å². The minimum absolute atomic E-state index is 0.00588. The lowest BCUT2D eigenvalue weighted by Crippen LogP contribution is -2.18. The molecule has 0 spiro atoms. The molecule has 76 valence electrons. The van der Waals surface area contributed by atoms with Gasteiger partial charge in [0, 0.05) is 19.7 Å². The van der Waals surface area contributed by atoms with Crippen LogP contribution in [0, 0.1) is 5.92 Å². The number of nitrogens with zero attached hydrogens (tertiary/aromatic N) is 2. The van der Waals surface area contributed by atoms with Crippen molar-refractivity contribution < 1.29 is 9.53 Å². The predicted molar refractivity (Wildman–Crippen MR) is 50.7 cm³/mol. The van der Waals surface area contributed by atoms with Gasteiger partial charge in [0.2, 0.25) is 0 Å². The Balaban J connectivity index is 2.05. The van der Waals surface area contributed by atoms with Crippen LogP contribution in [0.25, 0.3) is 0 Å².